The van der Waals surface area contributed by atoms with Gasteiger partial charge < -0.3 is 10.6 Å². The van der Waals surface area contributed by atoms with Crippen molar-refractivity contribution >= 4 is 11.9 Å². The highest BCUT2D eigenvalue weighted by Gasteiger charge is 2.09. The number of nitrogens with zero attached hydrogens (tertiary/aromatic N) is 1. The summed E-state index contributed by atoms with van der Waals surface area (Å²) < 4.78 is 0. The lowest BCUT2D eigenvalue weighted by molar-refractivity contribution is 0.381. The molecule has 0 saturated heterocycles. The molecule has 0 aromatic heterocycles. The number of hydrogen-bond donors (Lipinski definition) is 4. The molecular weight excluding hydrogens is 238 g/mol. The minimum atomic E-state index is -0.158. The molecule has 0 aromatic carbocycles. The normalized spacial score (nSPS) is 10.2. The fraction of sp³-hybridized carbons (Fsp3) is 0.857. The second-order valence-corrected chi connectivity index (χ2v) is 5.00. The number of nitrogens with one attached hydrogen (secondary N) is 3. The predicted molar refractivity (Wildman–Crippen MR) is 82.6 cm³/mol. The Morgan fingerprint density at radius 1 is 0.895 bits per heavy atom. The van der Waals surface area contributed by atoms with Gasteiger partial charge in [0.05, 0.1) is 0 Å². The van der Waals surface area contributed by atoms with E-state index in [0.717, 1.165) is 32.4 Å². The lowest BCUT2D eigenvalue weighted by atomic mass is 10.1. The molecule has 0 aliphatic carbocycles. The molecule has 5 nitrogen and oxygen atoms in total. The molecule has 112 valence electrons. The van der Waals surface area contributed by atoms with E-state index in [9.17, 15) is 0 Å². The van der Waals surface area contributed by atoms with Crippen LogP contribution in [0.4, 0.5) is 0 Å². The maximum atomic E-state index is 7.90. The van der Waals surface area contributed by atoms with E-state index < -0.39 is 0 Å². The summed E-state index contributed by atoms with van der Waals surface area (Å²) in [7, 11) is 0. The molecule has 5 heteroatoms. The first-order valence-electron chi connectivity index (χ1n) is 7.56. The fourth-order valence-corrected chi connectivity index (χ4v) is 1.97. The number of hydrogen-bond acceptors (Lipinski definition) is 2. The van der Waals surface area contributed by atoms with Gasteiger partial charge in [-0.3, -0.25) is 16.1 Å². The standard InChI is InChI=1S/C14H31N5/c1-3-5-7-8-9-10-12-19(11-6-4-2)14(17)18-13(15)16/h3-12H2,1-2H3,(H5,15,16,17,18). The minimum absolute atomic E-state index is 0.158. The van der Waals surface area contributed by atoms with Crippen LogP contribution in [-0.4, -0.2) is 29.9 Å². The first-order chi connectivity index (χ1) is 9.11. The van der Waals surface area contributed by atoms with Crippen LogP contribution in [0.3, 0.4) is 0 Å². The van der Waals surface area contributed by atoms with Crippen LogP contribution in [-0.2, 0) is 0 Å². The van der Waals surface area contributed by atoms with Gasteiger partial charge >= 0.3 is 0 Å². The lowest BCUT2D eigenvalue weighted by Gasteiger charge is -2.25. The van der Waals surface area contributed by atoms with E-state index in [1.165, 1.54) is 32.1 Å². The van der Waals surface area contributed by atoms with Crippen molar-refractivity contribution in [3.05, 3.63) is 0 Å². The number of rotatable bonds is 10. The Bertz CT molecular complexity index is 252. The molecule has 0 bridgehead atoms. The van der Waals surface area contributed by atoms with Crippen LogP contribution >= 0.6 is 0 Å². The summed E-state index contributed by atoms with van der Waals surface area (Å²) in [6.07, 6.45) is 9.69. The Hall–Kier alpha value is -1.26. The highest BCUT2D eigenvalue weighted by atomic mass is 15.3. The maximum Gasteiger partial charge on any atom is 0.197 e. The largest absolute Gasteiger partial charge is 0.370 e. The van der Waals surface area contributed by atoms with E-state index in [0.29, 0.717) is 0 Å². The van der Waals surface area contributed by atoms with Crippen molar-refractivity contribution in [2.75, 3.05) is 13.1 Å². The van der Waals surface area contributed by atoms with Gasteiger partial charge in [0.1, 0.15) is 0 Å². The smallest absolute Gasteiger partial charge is 0.197 e. The summed E-state index contributed by atoms with van der Waals surface area (Å²) in [5, 5.41) is 17.7. The van der Waals surface area contributed by atoms with Crippen LogP contribution in [0.5, 0.6) is 0 Å². The van der Waals surface area contributed by atoms with Crippen LogP contribution in [0, 0.1) is 10.8 Å². The summed E-state index contributed by atoms with van der Waals surface area (Å²) in [6.45, 7) is 6.11. The van der Waals surface area contributed by atoms with E-state index in [-0.39, 0.29) is 11.9 Å². The quantitative estimate of drug-likeness (QED) is 0.279. The molecule has 0 rings (SSSR count). The number of nitrogens with two attached hydrogens (primary N) is 1. The zero-order chi connectivity index (χ0) is 14.5. The average molecular weight is 269 g/mol. The summed E-state index contributed by atoms with van der Waals surface area (Å²) >= 11 is 0. The zero-order valence-electron chi connectivity index (χ0n) is 12.6. The summed E-state index contributed by atoms with van der Waals surface area (Å²) in [5.74, 6) is 0.101. The van der Waals surface area contributed by atoms with Crippen LogP contribution in [0.1, 0.15) is 65.2 Å². The minimum Gasteiger partial charge on any atom is -0.370 e. The second kappa shape index (κ2) is 11.8. The van der Waals surface area contributed by atoms with E-state index in [2.05, 4.69) is 19.2 Å². The molecule has 0 fully saturated rings. The van der Waals surface area contributed by atoms with Crippen LogP contribution in [0.2, 0.25) is 0 Å². The third-order valence-corrected chi connectivity index (χ3v) is 3.13. The Morgan fingerprint density at radius 2 is 1.42 bits per heavy atom. The molecule has 0 radical (unpaired) electrons. The molecule has 0 aliphatic rings. The summed E-state index contributed by atoms with van der Waals surface area (Å²) in [4.78, 5) is 1.99. The molecule has 0 unspecified atom stereocenters. The van der Waals surface area contributed by atoms with Crippen molar-refractivity contribution < 1.29 is 0 Å². The Morgan fingerprint density at radius 3 is 2.00 bits per heavy atom. The van der Waals surface area contributed by atoms with Crippen molar-refractivity contribution in [1.29, 1.82) is 10.8 Å². The molecule has 0 spiro atoms. The number of guanidine groups is 2. The van der Waals surface area contributed by atoms with Crippen molar-refractivity contribution in [2.24, 2.45) is 5.73 Å². The molecule has 0 amide bonds. The highest BCUT2D eigenvalue weighted by Crippen LogP contribution is 2.06. The molecule has 0 aliphatic heterocycles. The molecule has 0 saturated carbocycles. The van der Waals surface area contributed by atoms with Crippen molar-refractivity contribution in [3.63, 3.8) is 0 Å². The molecule has 0 atom stereocenters. The first kappa shape index (κ1) is 17.7. The third-order valence-electron chi connectivity index (χ3n) is 3.13. The molecular formula is C14H31N5. The monoisotopic (exact) mass is 269 g/mol. The summed E-state index contributed by atoms with van der Waals surface area (Å²) in [6, 6.07) is 0. The average Bonchev–Trinajstić information content (AvgIpc) is 2.36. The first-order valence-corrected chi connectivity index (χ1v) is 7.56. The van der Waals surface area contributed by atoms with Gasteiger partial charge in [-0.25, -0.2) is 0 Å². The maximum absolute atomic E-state index is 7.90. The van der Waals surface area contributed by atoms with Gasteiger partial charge in [0, 0.05) is 13.1 Å². The van der Waals surface area contributed by atoms with Gasteiger partial charge in [0.15, 0.2) is 11.9 Å². The zero-order valence-corrected chi connectivity index (χ0v) is 12.6. The Balaban J connectivity index is 3.91. The van der Waals surface area contributed by atoms with Crippen LogP contribution < -0.4 is 11.1 Å². The fourth-order valence-electron chi connectivity index (χ4n) is 1.97. The van der Waals surface area contributed by atoms with Gasteiger partial charge in [-0.1, -0.05) is 52.4 Å². The topological polar surface area (TPSA) is 89.0 Å². The van der Waals surface area contributed by atoms with Crippen molar-refractivity contribution in [1.82, 2.24) is 10.2 Å². The van der Waals surface area contributed by atoms with Gasteiger partial charge in [0.25, 0.3) is 0 Å². The number of unbranched alkanes of at least 4 members (excludes halogenated alkanes) is 6. The van der Waals surface area contributed by atoms with E-state index >= 15 is 0 Å². The Labute approximate surface area is 118 Å². The van der Waals surface area contributed by atoms with Gasteiger partial charge in [0.2, 0.25) is 0 Å². The van der Waals surface area contributed by atoms with E-state index in [1.807, 2.05) is 4.90 Å². The van der Waals surface area contributed by atoms with Crippen molar-refractivity contribution in [2.45, 2.75) is 65.2 Å². The van der Waals surface area contributed by atoms with E-state index in [4.69, 9.17) is 16.6 Å². The van der Waals surface area contributed by atoms with Gasteiger partial charge in [-0.15, -0.1) is 0 Å². The van der Waals surface area contributed by atoms with Gasteiger partial charge in [-0.2, -0.15) is 0 Å². The summed E-state index contributed by atoms with van der Waals surface area (Å²) in [5.41, 5.74) is 5.27. The SMILES string of the molecule is CCCCCCCCN(CCCC)C(=N)NC(=N)N. The third kappa shape index (κ3) is 10.4. The van der Waals surface area contributed by atoms with E-state index in [1.54, 1.807) is 0 Å². The molecule has 0 aromatic rings. The second-order valence-electron chi connectivity index (χ2n) is 5.00. The molecule has 19 heavy (non-hydrogen) atoms. The Kier molecular flexibility index (Phi) is 11.0. The molecule has 5 N–H and O–H groups in total. The van der Waals surface area contributed by atoms with Crippen molar-refractivity contribution in [3.8, 4) is 0 Å². The van der Waals surface area contributed by atoms with Crippen LogP contribution in [0.15, 0.2) is 0 Å². The highest BCUT2D eigenvalue weighted by molar-refractivity contribution is 5.94. The molecule has 0 heterocycles. The predicted octanol–water partition coefficient (Wildman–Crippen LogP) is 2.87. The van der Waals surface area contributed by atoms with Gasteiger partial charge in [-0.05, 0) is 12.8 Å². The van der Waals surface area contributed by atoms with Crippen LogP contribution in [0.25, 0.3) is 0 Å². The lowest BCUT2D eigenvalue weighted by Crippen LogP contribution is -2.46.